The average molecular weight is 325 g/mol. The second-order valence-corrected chi connectivity index (χ2v) is 6.73. The van der Waals surface area contributed by atoms with E-state index in [2.05, 4.69) is 4.98 Å². The van der Waals surface area contributed by atoms with E-state index in [9.17, 15) is 9.59 Å². The monoisotopic (exact) mass is 325 g/mol. The first-order chi connectivity index (χ1) is 11.5. The van der Waals surface area contributed by atoms with Gasteiger partial charge < -0.3 is 4.90 Å². The van der Waals surface area contributed by atoms with Crippen molar-refractivity contribution in [3.63, 3.8) is 0 Å². The maximum Gasteiger partial charge on any atom is 0.253 e. The third-order valence-corrected chi connectivity index (χ3v) is 4.54. The molecule has 1 fully saturated rings. The van der Waals surface area contributed by atoms with E-state index in [0.717, 1.165) is 24.2 Å². The zero-order chi connectivity index (χ0) is 17.1. The molecule has 1 saturated heterocycles. The Hall–Kier alpha value is -2.43. The molecule has 1 aliphatic heterocycles. The van der Waals surface area contributed by atoms with Crippen molar-refractivity contribution in [3.8, 4) is 0 Å². The minimum absolute atomic E-state index is 0.0125. The number of carbonyl (C=O) groups is 1. The highest BCUT2D eigenvalue weighted by atomic mass is 16.2. The van der Waals surface area contributed by atoms with Crippen molar-refractivity contribution in [1.29, 1.82) is 0 Å². The van der Waals surface area contributed by atoms with Gasteiger partial charge in [0.15, 0.2) is 0 Å². The maximum absolute atomic E-state index is 12.5. The normalized spacial score (nSPS) is 17.5. The van der Waals surface area contributed by atoms with Crippen molar-refractivity contribution in [2.24, 2.45) is 5.92 Å². The molecule has 0 radical (unpaired) electrons. The predicted octanol–water partition coefficient (Wildman–Crippen LogP) is 2.53. The number of nitrogens with zero attached hydrogens (tertiary/aromatic N) is 3. The van der Waals surface area contributed by atoms with Gasteiger partial charge in [-0.1, -0.05) is 32.0 Å². The van der Waals surface area contributed by atoms with Crippen LogP contribution in [0.2, 0.25) is 0 Å². The Balaban J connectivity index is 1.64. The van der Waals surface area contributed by atoms with Crippen LogP contribution < -0.4 is 5.56 Å². The molecule has 0 bridgehead atoms. The van der Waals surface area contributed by atoms with Crippen LogP contribution >= 0.6 is 0 Å². The van der Waals surface area contributed by atoms with Crippen LogP contribution in [0.4, 0.5) is 0 Å². The molecule has 3 rings (SSSR count). The van der Waals surface area contributed by atoms with Gasteiger partial charge in [-0.05, 0) is 30.4 Å². The van der Waals surface area contributed by atoms with E-state index in [-0.39, 0.29) is 17.4 Å². The van der Waals surface area contributed by atoms with Gasteiger partial charge in [-0.25, -0.2) is 4.98 Å². The molecule has 0 aliphatic carbocycles. The zero-order valence-electron chi connectivity index (χ0n) is 14.2. The summed E-state index contributed by atoms with van der Waals surface area (Å²) in [5.41, 5.74) is 1.53. The number of hydrogen-bond donors (Lipinski definition) is 0. The molecule has 5 heteroatoms. The number of likely N-dealkylation sites (tertiary alicyclic amines) is 1. The van der Waals surface area contributed by atoms with E-state index in [1.807, 2.05) is 49.1 Å². The summed E-state index contributed by atoms with van der Waals surface area (Å²) in [6.45, 7) is 6.09. The molecule has 0 saturated carbocycles. The zero-order valence-corrected chi connectivity index (χ0v) is 14.2. The van der Waals surface area contributed by atoms with Gasteiger partial charge in [0.25, 0.3) is 11.5 Å². The van der Waals surface area contributed by atoms with Crippen LogP contribution in [0.5, 0.6) is 0 Å². The fraction of sp³-hybridized carbons (Fsp3) is 0.421. The smallest absolute Gasteiger partial charge is 0.253 e. The van der Waals surface area contributed by atoms with Crippen molar-refractivity contribution in [2.45, 2.75) is 32.7 Å². The number of amides is 1. The molecule has 0 N–H and O–H groups in total. The molecule has 0 spiro atoms. The van der Waals surface area contributed by atoms with Crippen molar-refractivity contribution in [1.82, 2.24) is 14.5 Å². The lowest BCUT2D eigenvalue weighted by Gasteiger charge is -2.17. The van der Waals surface area contributed by atoms with E-state index in [1.54, 1.807) is 17.0 Å². The first-order valence-corrected chi connectivity index (χ1v) is 8.45. The third-order valence-electron chi connectivity index (χ3n) is 4.54. The third kappa shape index (κ3) is 3.55. The molecule has 1 amide bonds. The summed E-state index contributed by atoms with van der Waals surface area (Å²) in [7, 11) is 0. The number of rotatable bonds is 4. The SMILES string of the molecule is CC(C)c1cc(=O)n(C[C@H]2CCN(C(=O)c3ccccc3)C2)cn1. The maximum atomic E-state index is 12.5. The molecule has 1 aromatic carbocycles. The Morgan fingerprint density at radius 1 is 1.29 bits per heavy atom. The van der Waals surface area contributed by atoms with Crippen molar-refractivity contribution in [2.75, 3.05) is 13.1 Å². The van der Waals surface area contributed by atoms with Crippen LogP contribution in [0.25, 0.3) is 0 Å². The van der Waals surface area contributed by atoms with Crippen LogP contribution in [0, 0.1) is 5.92 Å². The topological polar surface area (TPSA) is 55.2 Å². The molecule has 0 unspecified atom stereocenters. The van der Waals surface area contributed by atoms with E-state index in [1.165, 1.54) is 0 Å². The highest BCUT2D eigenvalue weighted by molar-refractivity contribution is 5.94. The van der Waals surface area contributed by atoms with Crippen molar-refractivity contribution < 1.29 is 4.79 Å². The number of aromatic nitrogens is 2. The molecule has 5 nitrogen and oxygen atoms in total. The fourth-order valence-electron chi connectivity index (χ4n) is 3.10. The Labute approximate surface area is 141 Å². The predicted molar refractivity (Wildman–Crippen MR) is 93.0 cm³/mol. The van der Waals surface area contributed by atoms with Gasteiger partial charge in [0.2, 0.25) is 0 Å². The summed E-state index contributed by atoms with van der Waals surface area (Å²) in [6.07, 6.45) is 2.55. The van der Waals surface area contributed by atoms with Gasteiger partial charge in [0, 0.05) is 31.3 Å². The van der Waals surface area contributed by atoms with Crippen molar-refractivity contribution in [3.05, 3.63) is 64.3 Å². The van der Waals surface area contributed by atoms with Crippen molar-refractivity contribution >= 4 is 5.91 Å². The van der Waals surface area contributed by atoms with Crippen LogP contribution in [-0.2, 0) is 6.54 Å². The summed E-state index contributed by atoms with van der Waals surface area (Å²) < 4.78 is 1.66. The van der Waals surface area contributed by atoms with Gasteiger partial charge in [-0.3, -0.25) is 14.2 Å². The average Bonchev–Trinajstić information content (AvgIpc) is 3.05. The second kappa shape index (κ2) is 6.99. The minimum atomic E-state index is -0.0125. The lowest BCUT2D eigenvalue weighted by molar-refractivity contribution is 0.0786. The highest BCUT2D eigenvalue weighted by Gasteiger charge is 2.27. The largest absolute Gasteiger partial charge is 0.338 e. The molecular weight excluding hydrogens is 302 g/mol. The molecule has 1 atom stereocenters. The first kappa shape index (κ1) is 16.4. The van der Waals surface area contributed by atoms with Crippen LogP contribution in [0.1, 0.15) is 42.2 Å². The van der Waals surface area contributed by atoms with Crippen LogP contribution in [-0.4, -0.2) is 33.4 Å². The van der Waals surface area contributed by atoms with Crippen LogP contribution in [0.15, 0.2) is 47.5 Å². The molecular formula is C19H23N3O2. The summed E-state index contributed by atoms with van der Waals surface area (Å²) in [6, 6.07) is 11.0. The van der Waals surface area contributed by atoms with Gasteiger partial charge in [0.1, 0.15) is 0 Å². The van der Waals surface area contributed by atoms with Crippen LogP contribution in [0.3, 0.4) is 0 Å². The van der Waals surface area contributed by atoms with E-state index < -0.39 is 0 Å². The van der Waals surface area contributed by atoms with E-state index in [0.29, 0.717) is 19.0 Å². The van der Waals surface area contributed by atoms with Gasteiger partial charge in [-0.15, -0.1) is 0 Å². The number of benzene rings is 1. The van der Waals surface area contributed by atoms with E-state index in [4.69, 9.17) is 0 Å². The summed E-state index contributed by atoms with van der Waals surface area (Å²) in [5.74, 6) is 0.610. The lowest BCUT2D eigenvalue weighted by Crippen LogP contribution is -2.30. The second-order valence-electron chi connectivity index (χ2n) is 6.73. The first-order valence-electron chi connectivity index (χ1n) is 8.45. The quantitative estimate of drug-likeness (QED) is 0.868. The molecule has 2 aromatic rings. The van der Waals surface area contributed by atoms with Gasteiger partial charge >= 0.3 is 0 Å². The standard InChI is InChI=1S/C19H23N3O2/c1-14(2)17-10-18(23)22(13-20-17)12-15-8-9-21(11-15)19(24)16-6-4-3-5-7-16/h3-7,10,13-15H,8-9,11-12H2,1-2H3/t15-/m0/s1. The van der Waals surface area contributed by atoms with Gasteiger partial charge in [-0.2, -0.15) is 0 Å². The Bertz CT molecular complexity index is 768. The molecule has 1 aromatic heterocycles. The summed E-state index contributed by atoms with van der Waals surface area (Å²) in [4.78, 5) is 30.9. The Morgan fingerprint density at radius 3 is 2.71 bits per heavy atom. The lowest BCUT2D eigenvalue weighted by atomic mass is 10.1. The van der Waals surface area contributed by atoms with E-state index >= 15 is 0 Å². The molecule has 126 valence electrons. The van der Waals surface area contributed by atoms with Gasteiger partial charge in [0.05, 0.1) is 12.0 Å². The number of carbonyl (C=O) groups excluding carboxylic acids is 1. The Morgan fingerprint density at radius 2 is 2.04 bits per heavy atom. The molecule has 24 heavy (non-hydrogen) atoms. The molecule has 2 heterocycles. The summed E-state index contributed by atoms with van der Waals surface area (Å²) >= 11 is 0. The highest BCUT2D eigenvalue weighted by Crippen LogP contribution is 2.20. The summed E-state index contributed by atoms with van der Waals surface area (Å²) in [5, 5.41) is 0. The Kier molecular flexibility index (Phi) is 4.79. The molecule has 1 aliphatic rings. The minimum Gasteiger partial charge on any atom is -0.338 e. The number of hydrogen-bond acceptors (Lipinski definition) is 3. The fourth-order valence-corrected chi connectivity index (χ4v) is 3.10.